The SMILES string of the molecule is O=C(CN(Cc1ccc(Br)cc1)C(=O)c1ccccc1)N1CCNCC1. The van der Waals surface area contributed by atoms with Crippen LogP contribution in [0.2, 0.25) is 0 Å². The molecule has 1 saturated heterocycles. The largest absolute Gasteiger partial charge is 0.339 e. The van der Waals surface area contributed by atoms with Crippen molar-refractivity contribution in [2.24, 2.45) is 0 Å². The number of piperazine rings is 1. The molecule has 0 aliphatic carbocycles. The first-order valence-electron chi connectivity index (χ1n) is 8.71. The number of halogens is 1. The summed E-state index contributed by atoms with van der Waals surface area (Å²) in [6.45, 7) is 3.45. The highest BCUT2D eigenvalue weighted by atomic mass is 79.9. The zero-order valence-electron chi connectivity index (χ0n) is 14.5. The van der Waals surface area contributed by atoms with Crippen molar-refractivity contribution in [2.45, 2.75) is 6.54 Å². The molecule has 1 N–H and O–H groups in total. The van der Waals surface area contributed by atoms with E-state index in [0.717, 1.165) is 23.1 Å². The van der Waals surface area contributed by atoms with Crippen LogP contribution in [0.4, 0.5) is 0 Å². The Morgan fingerprint density at radius 3 is 2.31 bits per heavy atom. The summed E-state index contributed by atoms with van der Waals surface area (Å²) >= 11 is 3.42. The molecule has 0 aromatic heterocycles. The summed E-state index contributed by atoms with van der Waals surface area (Å²) in [6.07, 6.45) is 0. The van der Waals surface area contributed by atoms with Crippen LogP contribution in [-0.4, -0.2) is 54.3 Å². The van der Waals surface area contributed by atoms with Gasteiger partial charge in [0.05, 0.1) is 0 Å². The summed E-state index contributed by atoms with van der Waals surface area (Å²) in [5, 5.41) is 3.24. The van der Waals surface area contributed by atoms with E-state index in [1.807, 2.05) is 47.4 Å². The molecule has 0 unspecified atom stereocenters. The summed E-state index contributed by atoms with van der Waals surface area (Å²) in [5.41, 5.74) is 1.59. The molecule has 136 valence electrons. The van der Waals surface area contributed by atoms with Crippen molar-refractivity contribution in [1.29, 1.82) is 0 Å². The molecule has 2 aromatic rings. The number of carbonyl (C=O) groups excluding carboxylic acids is 2. The van der Waals surface area contributed by atoms with Gasteiger partial charge < -0.3 is 15.1 Å². The van der Waals surface area contributed by atoms with E-state index in [0.29, 0.717) is 25.2 Å². The fraction of sp³-hybridized carbons (Fsp3) is 0.300. The first-order valence-corrected chi connectivity index (χ1v) is 9.50. The maximum absolute atomic E-state index is 13.0. The van der Waals surface area contributed by atoms with Gasteiger partial charge in [0, 0.05) is 42.8 Å². The maximum atomic E-state index is 13.0. The van der Waals surface area contributed by atoms with Crippen LogP contribution in [-0.2, 0) is 11.3 Å². The van der Waals surface area contributed by atoms with Crippen LogP contribution in [0.15, 0.2) is 59.1 Å². The number of benzene rings is 2. The second-order valence-electron chi connectivity index (χ2n) is 6.28. The number of nitrogens with zero attached hydrogens (tertiary/aromatic N) is 2. The van der Waals surface area contributed by atoms with E-state index in [2.05, 4.69) is 21.2 Å². The summed E-state index contributed by atoms with van der Waals surface area (Å²) in [4.78, 5) is 29.1. The smallest absolute Gasteiger partial charge is 0.254 e. The third-order valence-electron chi connectivity index (χ3n) is 4.39. The predicted molar refractivity (Wildman–Crippen MR) is 105 cm³/mol. The number of amides is 2. The minimum Gasteiger partial charge on any atom is -0.339 e. The van der Waals surface area contributed by atoms with Crippen molar-refractivity contribution in [2.75, 3.05) is 32.7 Å². The monoisotopic (exact) mass is 415 g/mol. The van der Waals surface area contributed by atoms with Crippen LogP contribution in [0.1, 0.15) is 15.9 Å². The Morgan fingerprint density at radius 1 is 1.00 bits per heavy atom. The molecule has 6 heteroatoms. The van der Waals surface area contributed by atoms with Gasteiger partial charge in [0.25, 0.3) is 5.91 Å². The third kappa shape index (κ3) is 4.93. The van der Waals surface area contributed by atoms with Crippen molar-refractivity contribution in [1.82, 2.24) is 15.1 Å². The van der Waals surface area contributed by atoms with Crippen LogP contribution in [0, 0.1) is 0 Å². The Morgan fingerprint density at radius 2 is 1.65 bits per heavy atom. The van der Waals surface area contributed by atoms with Gasteiger partial charge in [-0.15, -0.1) is 0 Å². The van der Waals surface area contributed by atoms with Crippen LogP contribution < -0.4 is 5.32 Å². The van der Waals surface area contributed by atoms with Crippen molar-refractivity contribution in [3.8, 4) is 0 Å². The fourth-order valence-corrected chi connectivity index (χ4v) is 3.21. The Hall–Kier alpha value is -2.18. The molecule has 1 fully saturated rings. The highest BCUT2D eigenvalue weighted by Gasteiger charge is 2.23. The van der Waals surface area contributed by atoms with Crippen molar-refractivity contribution in [3.63, 3.8) is 0 Å². The van der Waals surface area contributed by atoms with Crippen LogP contribution in [0.5, 0.6) is 0 Å². The van der Waals surface area contributed by atoms with E-state index in [-0.39, 0.29) is 18.4 Å². The molecule has 0 radical (unpaired) electrons. The molecule has 5 nitrogen and oxygen atoms in total. The fourth-order valence-electron chi connectivity index (χ4n) is 2.95. The first kappa shape index (κ1) is 18.6. The van der Waals surface area contributed by atoms with Gasteiger partial charge in [-0.05, 0) is 29.8 Å². The first-order chi connectivity index (χ1) is 12.6. The lowest BCUT2D eigenvalue weighted by Gasteiger charge is -2.30. The van der Waals surface area contributed by atoms with Gasteiger partial charge in [-0.25, -0.2) is 0 Å². The summed E-state index contributed by atoms with van der Waals surface area (Å²) < 4.78 is 0.985. The highest BCUT2D eigenvalue weighted by molar-refractivity contribution is 9.10. The number of nitrogens with one attached hydrogen (secondary N) is 1. The topological polar surface area (TPSA) is 52.7 Å². The second-order valence-corrected chi connectivity index (χ2v) is 7.20. The number of hydrogen-bond acceptors (Lipinski definition) is 3. The van der Waals surface area contributed by atoms with Gasteiger partial charge in [0.1, 0.15) is 6.54 Å². The van der Waals surface area contributed by atoms with E-state index in [9.17, 15) is 9.59 Å². The average molecular weight is 416 g/mol. The molecular formula is C20H22BrN3O2. The van der Waals surface area contributed by atoms with E-state index >= 15 is 0 Å². The van der Waals surface area contributed by atoms with Crippen LogP contribution >= 0.6 is 15.9 Å². The van der Waals surface area contributed by atoms with E-state index in [1.54, 1.807) is 17.0 Å². The van der Waals surface area contributed by atoms with Gasteiger partial charge in [-0.1, -0.05) is 46.3 Å². The molecule has 0 bridgehead atoms. The second kappa shape index (κ2) is 8.96. The molecule has 1 heterocycles. The van der Waals surface area contributed by atoms with E-state index < -0.39 is 0 Å². The molecule has 1 aliphatic rings. The molecule has 0 saturated carbocycles. The molecule has 0 spiro atoms. The standard InChI is InChI=1S/C20H22BrN3O2/c21-18-8-6-16(7-9-18)14-24(20(26)17-4-2-1-3-5-17)15-19(25)23-12-10-22-11-13-23/h1-9,22H,10-15H2. The Kier molecular flexibility index (Phi) is 6.41. The normalized spacial score (nSPS) is 14.1. The molecule has 26 heavy (non-hydrogen) atoms. The summed E-state index contributed by atoms with van der Waals surface area (Å²) in [6, 6.07) is 16.9. The highest BCUT2D eigenvalue weighted by Crippen LogP contribution is 2.14. The quantitative estimate of drug-likeness (QED) is 0.815. The van der Waals surface area contributed by atoms with E-state index in [4.69, 9.17) is 0 Å². The van der Waals surface area contributed by atoms with Crippen LogP contribution in [0.3, 0.4) is 0 Å². The van der Waals surface area contributed by atoms with Crippen molar-refractivity contribution < 1.29 is 9.59 Å². The summed E-state index contributed by atoms with van der Waals surface area (Å²) in [5.74, 6) is -0.134. The predicted octanol–water partition coefficient (Wildman–Crippen LogP) is 2.52. The third-order valence-corrected chi connectivity index (χ3v) is 4.92. The van der Waals surface area contributed by atoms with Gasteiger partial charge in [0.15, 0.2) is 0 Å². The Bertz CT molecular complexity index is 743. The molecule has 2 amide bonds. The average Bonchev–Trinajstić information content (AvgIpc) is 2.70. The number of hydrogen-bond donors (Lipinski definition) is 1. The van der Waals surface area contributed by atoms with Gasteiger partial charge in [-0.2, -0.15) is 0 Å². The van der Waals surface area contributed by atoms with Gasteiger partial charge >= 0.3 is 0 Å². The molecular weight excluding hydrogens is 394 g/mol. The lowest BCUT2D eigenvalue weighted by molar-refractivity contribution is -0.132. The van der Waals surface area contributed by atoms with Gasteiger partial charge in [0.2, 0.25) is 5.91 Å². The molecule has 0 atom stereocenters. The number of carbonyl (C=O) groups is 2. The minimum absolute atomic E-state index is 0.00658. The molecule has 2 aromatic carbocycles. The molecule has 3 rings (SSSR count). The Labute approximate surface area is 162 Å². The van der Waals surface area contributed by atoms with Crippen LogP contribution in [0.25, 0.3) is 0 Å². The zero-order chi connectivity index (χ0) is 18.4. The lowest BCUT2D eigenvalue weighted by Crippen LogP contribution is -2.50. The summed E-state index contributed by atoms with van der Waals surface area (Å²) in [7, 11) is 0. The molecule has 1 aliphatic heterocycles. The Balaban J connectivity index is 1.77. The van der Waals surface area contributed by atoms with Gasteiger partial charge in [-0.3, -0.25) is 9.59 Å². The van der Waals surface area contributed by atoms with Crippen molar-refractivity contribution >= 4 is 27.7 Å². The van der Waals surface area contributed by atoms with Crippen molar-refractivity contribution in [3.05, 3.63) is 70.2 Å². The number of rotatable bonds is 5. The minimum atomic E-state index is -0.128. The lowest BCUT2D eigenvalue weighted by atomic mass is 10.1. The van der Waals surface area contributed by atoms with E-state index in [1.165, 1.54) is 0 Å². The zero-order valence-corrected chi connectivity index (χ0v) is 16.1. The maximum Gasteiger partial charge on any atom is 0.254 e.